The van der Waals surface area contributed by atoms with Gasteiger partial charge in [0.25, 0.3) is 0 Å². The molecule has 2 aromatic rings. The SMILES string of the molecule is Cc1ccccc1N(C)Cc1cc(CNCC(C)C)no1. The van der Waals surface area contributed by atoms with E-state index >= 15 is 0 Å². The predicted molar refractivity (Wildman–Crippen MR) is 86.3 cm³/mol. The molecule has 1 N–H and O–H groups in total. The molecule has 0 saturated carbocycles. The van der Waals surface area contributed by atoms with E-state index in [0.717, 1.165) is 31.1 Å². The van der Waals surface area contributed by atoms with Crippen LogP contribution in [0.4, 0.5) is 5.69 Å². The smallest absolute Gasteiger partial charge is 0.156 e. The van der Waals surface area contributed by atoms with Crippen molar-refractivity contribution >= 4 is 5.69 Å². The summed E-state index contributed by atoms with van der Waals surface area (Å²) < 4.78 is 5.42. The highest BCUT2D eigenvalue weighted by atomic mass is 16.5. The molecule has 0 saturated heterocycles. The van der Waals surface area contributed by atoms with Gasteiger partial charge in [-0.1, -0.05) is 37.2 Å². The van der Waals surface area contributed by atoms with Crippen LogP contribution in [0.5, 0.6) is 0 Å². The van der Waals surface area contributed by atoms with Crippen LogP contribution >= 0.6 is 0 Å². The molecule has 0 amide bonds. The van der Waals surface area contributed by atoms with Gasteiger partial charge in [-0.3, -0.25) is 0 Å². The van der Waals surface area contributed by atoms with Crippen LogP contribution in [0, 0.1) is 12.8 Å². The molecule has 114 valence electrons. The molecule has 1 heterocycles. The number of para-hydroxylation sites is 1. The average molecular weight is 287 g/mol. The highest BCUT2D eigenvalue weighted by molar-refractivity contribution is 5.52. The van der Waals surface area contributed by atoms with E-state index in [4.69, 9.17) is 4.52 Å². The first-order chi connectivity index (χ1) is 10.1. The number of hydrogen-bond acceptors (Lipinski definition) is 4. The Bertz CT molecular complexity index is 563. The average Bonchev–Trinajstić information content (AvgIpc) is 2.86. The zero-order valence-electron chi connectivity index (χ0n) is 13.4. The fourth-order valence-corrected chi connectivity index (χ4v) is 2.31. The predicted octanol–water partition coefficient (Wildman–Crippen LogP) is 3.37. The molecule has 0 radical (unpaired) electrons. The second kappa shape index (κ2) is 7.27. The monoisotopic (exact) mass is 287 g/mol. The molecule has 4 nitrogen and oxygen atoms in total. The minimum atomic E-state index is 0.642. The van der Waals surface area contributed by atoms with Crippen LogP contribution in [0.3, 0.4) is 0 Å². The van der Waals surface area contributed by atoms with Gasteiger partial charge in [0.1, 0.15) is 0 Å². The van der Waals surface area contributed by atoms with Gasteiger partial charge < -0.3 is 14.7 Å². The van der Waals surface area contributed by atoms with Gasteiger partial charge in [0.2, 0.25) is 0 Å². The third kappa shape index (κ3) is 4.60. The Morgan fingerprint density at radius 3 is 2.76 bits per heavy atom. The number of aryl methyl sites for hydroxylation is 1. The minimum absolute atomic E-state index is 0.642. The van der Waals surface area contributed by atoms with Gasteiger partial charge >= 0.3 is 0 Å². The van der Waals surface area contributed by atoms with Crippen LogP contribution in [-0.2, 0) is 13.1 Å². The zero-order valence-corrected chi connectivity index (χ0v) is 13.4. The Morgan fingerprint density at radius 2 is 2.05 bits per heavy atom. The lowest BCUT2D eigenvalue weighted by molar-refractivity contribution is 0.374. The Balaban J connectivity index is 1.91. The summed E-state index contributed by atoms with van der Waals surface area (Å²) >= 11 is 0. The van der Waals surface area contributed by atoms with Gasteiger partial charge in [-0.2, -0.15) is 0 Å². The van der Waals surface area contributed by atoms with Crippen LogP contribution in [0.2, 0.25) is 0 Å². The molecule has 0 aliphatic carbocycles. The van der Waals surface area contributed by atoms with Gasteiger partial charge in [-0.15, -0.1) is 0 Å². The summed E-state index contributed by atoms with van der Waals surface area (Å²) in [5.41, 5.74) is 3.44. The van der Waals surface area contributed by atoms with Crippen molar-refractivity contribution in [2.75, 3.05) is 18.5 Å². The quantitative estimate of drug-likeness (QED) is 0.848. The number of nitrogens with zero attached hydrogens (tertiary/aromatic N) is 2. The van der Waals surface area contributed by atoms with Gasteiger partial charge in [-0.25, -0.2) is 0 Å². The van der Waals surface area contributed by atoms with Crippen molar-refractivity contribution in [1.29, 1.82) is 0 Å². The van der Waals surface area contributed by atoms with E-state index < -0.39 is 0 Å². The van der Waals surface area contributed by atoms with Crippen molar-refractivity contribution < 1.29 is 4.52 Å². The zero-order chi connectivity index (χ0) is 15.2. The Labute approximate surface area is 127 Å². The van der Waals surface area contributed by atoms with E-state index in [1.807, 2.05) is 6.07 Å². The summed E-state index contributed by atoms with van der Waals surface area (Å²) in [6.07, 6.45) is 0. The Kier molecular flexibility index (Phi) is 5.39. The molecule has 0 fully saturated rings. The van der Waals surface area contributed by atoms with Crippen molar-refractivity contribution in [1.82, 2.24) is 10.5 Å². The number of rotatable bonds is 7. The molecule has 4 heteroatoms. The number of anilines is 1. The van der Waals surface area contributed by atoms with Crippen molar-refractivity contribution in [3.05, 3.63) is 47.3 Å². The molecular weight excluding hydrogens is 262 g/mol. The number of benzene rings is 1. The molecule has 0 atom stereocenters. The van der Waals surface area contributed by atoms with Crippen LogP contribution in [0.1, 0.15) is 30.9 Å². The molecule has 0 unspecified atom stereocenters. The maximum Gasteiger partial charge on any atom is 0.156 e. The van der Waals surface area contributed by atoms with Crippen molar-refractivity contribution in [3.8, 4) is 0 Å². The van der Waals surface area contributed by atoms with Crippen molar-refractivity contribution in [2.24, 2.45) is 5.92 Å². The fraction of sp³-hybridized carbons (Fsp3) is 0.471. The van der Waals surface area contributed by atoms with Gasteiger partial charge in [0.15, 0.2) is 5.76 Å². The normalized spacial score (nSPS) is 11.1. The van der Waals surface area contributed by atoms with Crippen LogP contribution in [-0.4, -0.2) is 18.7 Å². The lowest BCUT2D eigenvalue weighted by Crippen LogP contribution is -2.19. The minimum Gasteiger partial charge on any atom is -0.367 e. The van der Waals surface area contributed by atoms with E-state index in [9.17, 15) is 0 Å². The van der Waals surface area contributed by atoms with E-state index in [1.165, 1.54) is 11.3 Å². The van der Waals surface area contributed by atoms with Crippen molar-refractivity contribution in [3.63, 3.8) is 0 Å². The van der Waals surface area contributed by atoms with Crippen LogP contribution < -0.4 is 10.2 Å². The first-order valence-corrected chi connectivity index (χ1v) is 7.48. The molecule has 2 rings (SSSR count). The fourth-order valence-electron chi connectivity index (χ4n) is 2.31. The largest absolute Gasteiger partial charge is 0.367 e. The molecule has 21 heavy (non-hydrogen) atoms. The first-order valence-electron chi connectivity index (χ1n) is 7.48. The van der Waals surface area contributed by atoms with Crippen molar-refractivity contribution in [2.45, 2.75) is 33.9 Å². The van der Waals surface area contributed by atoms with Gasteiger partial charge in [-0.05, 0) is 31.0 Å². The summed E-state index contributed by atoms with van der Waals surface area (Å²) in [5, 5.41) is 7.49. The molecule has 0 aliphatic heterocycles. The standard InChI is InChI=1S/C17H25N3O/c1-13(2)10-18-11-15-9-16(21-19-15)12-20(4)17-8-6-5-7-14(17)3/h5-9,13,18H,10-12H2,1-4H3. The number of hydrogen-bond donors (Lipinski definition) is 1. The third-order valence-corrected chi connectivity index (χ3v) is 3.39. The Hall–Kier alpha value is -1.81. The van der Waals surface area contributed by atoms with Crippen LogP contribution in [0.15, 0.2) is 34.9 Å². The van der Waals surface area contributed by atoms with Gasteiger partial charge in [0.05, 0.1) is 12.2 Å². The summed E-state index contributed by atoms with van der Waals surface area (Å²) in [4.78, 5) is 2.18. The van der Waals surface area contributed by atoms with E-state index in [-0.39, 0.29) is 0 Å². The molecule has 1 aromatic carbocycles. The molecule has 1 aromatic heterocycles. The molecular formula is C17H25N3O. The molecule has 0 aliphatic rings. The second-order valence-electron chi connectivity index (χ2n) is 5.95. The maximum absolute atomic E-state index is 5.42. The van der Waals surface area contributed by atoms with E-state index in [0.29, 0.717) is 5.92 Å². The number of aromatic nitrogens is 1. The molecule has 0 spiro atoms. The summed E-state index contributed by atoms with van der Waals surface area (Å²) in [5.74, 6) is 1.53. The maximum atomic E-state index is 5.42. The Morgan fingerprint density at radius 1 is 1.29 bits per heavy atom. The lowest BCUT2D eigenvalue weighted by Gasteiger charge is -2.19. The summed E-state index contributed by atoms with van der Waals surface area (Å²) in [7, 11) is 2.07. The lowest BCUT2D eigenvalue weighted by atomic mass is 10.2. The molecule has 0 bridgehead atoms. The topological polar surface area (TPSA) is 41.3 Å². The second-order valence-corrected chi connectivity index (χ2v) is 5.95. The van der Waals surface area contributed by atoms with Gasteiger partial charge in [0, 0.05) is 25.3 Å². The summed E-state index contributed by atoms with van der Waals surface area (Å²) in [6.45, 7) is 8.98. The van der Waals surface area contributed by atoms with E-state index in [1.54, 1.807) is 0 Å². The van der Waals surface area contributed by atoms with Crippen LogP contribution in [0.25, 0.3) is 0 Å². The number of nitrogens with one attached hydrogen (secondary N) is 1. The highest BCUT2D eigenvalue weighted by Gasteiger charge is 2.09. The first kappa shape index (κ1) is 15.6. The third-order valence-electron chi connectivity index (χ3n) is 3.39. The van der Waals surface area contributed by atoms with E-state index in [2.05, 4.69) is 67.5 Å². The highest BCUT2D eigenvalue weighted by Crippen LogP contribution is 2.20. The summed E-state index contributed by atoms with van der Waals surface area (Å²) in [6, 6.07) is 10.4.